The Bertz CT molecular complexity index is 317. The van der Waals surface area contributed by atoms with E-state index in [4.69, 9.17) is 5.73 Å². The van der Waals surface area contributed by atoms with Gasteiger partial charge in [0.1, 0.15) is 0 Å². The summed E-state index contributed by atoms with van der Waals surface area (Å²) >= 11 is 6.71. The first-order valence-corrected chi connectivity index (χ1v) is 6.83. The SMILES string of the molecule is NCC(O)c1c(I)ccc(I)c1I. The van der Waals surface area contributed by atoms with Crippen molar-refractivity contribution in [2.45, 2.75) is 6.10 Å². The van der Waals surface area contributed by atoms with E-state index >= 15 is 0 Å². The van der Waals surface area contributed by atoms with E-state index in [9.17, 15) is 5.11 Å². The number of hydrogen-bond acceptors (Lipinski definition) is 2. The van der Waals surface area contributed by atoms with Crippen molar-refractivity contribution in [3.8, 4) is 0 Å². The lowest BCUT2D eigenvalue weighted by Crippen LogP contribution is -2.14. The minimum absolute atomic E-state index is 0.270. The van der Waals surface area contributed by atoms with Crippen LogP contribution in [0.1, 0.15) is 11.7 Å². The molecule has 0 aliphatic carbocycles. The number of hydrogen-bond donors (Lipinski definition) is 2. The topological polar surface area (TPSA) is 46.2 Å². The monoisotopic (exact) mass is 515 g/mol. The minimum atomic E-state index is -0.548. The van der Waals surface area contributed by atoms with E-state index in [1.165, 1.54) is 0 Å². The van der Waals surface area contributed by atoms with Crippen molar-refractivity contribution in [2.75, 3.05) is 6.54 Å². The maximum Gasteiger partial charge on any atom is 0.0933 e. The van der Waals surface area contributed by atoms with Crippen molar-refractivity contribution in [3.05, 3.63) is 28.4 Å². The van der Waals surface area contributed by atoms with E-state index in [0.717, 1.165) is 16.3 Å². The van der Waals surface area contributed by atoms with Crippen molar-refractivity contribution in [1.82, 2.24) is 0 Å². The molecule has 0 amide bonds. The third-order valence-electron chi connectivity index (χ3n) is 1.64. The highest BCUT2D eigenvalue weighted by molar-refractivity contribution is 14.1. The van der Waals surface area contributed by atoms with Crippen LogP contribution in [0.4, 0.5) is 0 Å². The molecule has 1 atom stereocenters. The van der Waals surface area contributed by atoms with Gasteiger partial charge in [-0.25, -0.2) is 0 Å². The Morgan fingerprint density at radius 3 is 2.31 bits per heavy atom. The molecular formula is C8H8I3NO. The molecule has 0 bridgehead atoms. The van der Waals surface area contributed by atoms with Gasteiger partial charge in [0.2, 0.25) is 0 Å². The zero-order valence-electron chi connectivity index (χ0n) is 6.60. The fourth-order valence-electron chi connectivity index (χ4n) is 0.966. The Morgan fingerprint density at radius 1 is 1.23 bits per heavy atom. The maximum atomic E-state index is 9.68. The van der Waals surface area contributed by atoms with Gasteiger partial charge >= 0.3 is 0 Å². The summed E-state index contributed by atoms with van der Waals surface area (Å²) in [6, 6.07) is 4.04. The smallest absolute Gasteiger partial charge is 0.0933 e. The molecule has 1 aromatic rings. The van der Waals surface area contributed by atoms with Crippen LogP contribution in [-0.4, -0.2) is 11.7 Å². The second-order valence-electron chi connectivity index (χ2n) is 2.51. The molecule has 1 unspecified atom stereocenters. The van der Waals surface area contributed by atoms with Crippen LogP contribution in [0.25, 0.3) is 0 Å². The van der Waals surface area contributed by atoms with E-state index < -0.39 is 6.10 Å². The second-order valence-corrected chi connectivity index (χ2v) is 5.91. The second kappa shape index (κ2) is 5.42. The average molecular weight is 515 g/mol. The maximum absolute atomic E-state index is 9.68. The quantitative estimate of drug-likeness (QED) is 0.471. The fourth-order valence-corrected chi connectivity index (χ4v) is 3.59. The normalized spacial score (nSPS) is 13.0. The predicted octanol–water partition coefficient (Wildman–Crippen LogP) is 2.49. The summed E-state index contributed by atoms with van der Waals surface area (Å²) in [7, 11) is 0. The summed E-state index contributed by atoms with van der Waals surface area (Å²) < 4.78 is 3.32. The lowest BCUT2D eigenvalue weighted by Gasteiger charge is -2.13. The van der Waals surface area contributed by atoms with Crippen LogP contribution >= 0.6 is 67.8 Å². The lowest BCUT2D eigenvalue weighted by molar-refractivity contribution is 0.185. The molecule has 0 spiro atoms. The first kappa shape index (κ1) is 12.4. The van der Waals surface area contributed by atoms with E-state index in [1.54, 1.807) is 0 Å². The van der Waals surface area contributed by atoms with E-state index in [0.29, 0.717) is 0 Å². The zero-order chi connectivity index (χ0) is 10.0. The molecule has 0 fully saturated rings. The highest BCUT2D eigenvalue weighted by atomic mass is 127. The number of rotatable bonds is 2. The van der Waals surface area contributed by atoms with Gasteiger partial charge in [-0.15, -0.1) is 0 Å². The average Bonchev–Trinajstić information content (AvgIpc) is 2.12. The van der Waals surface area contributed by atoms with E-state index in [1.807, 2.05) is 12.1 Å². The minimum Gasteiger partial charge on any atom is -0.387 e. The molecule has 3 N–H and O–H groups in total. The van der Waals surface area contributed by atoms with Gasteiger partial charge in [-0.2, -0.15) is 0 Å². The molecule has 1 aromatic carbocycles. The largest absolute Gasteiger partial charge is 0.387 e. The predicted molar refractivity (Wildman–Crippen MR) is 78.6 cm³/mol. The van der Waals surface area contributed by atoms with Crippen LogP contribution in [-0.2, 0) is 0 Å². The third-order valence-corrected chi connectivity index (χ3v) is 5.67. The summed E-state index contributed by atoms with van der Waals surface area (Å²) in [4.78, 5) is 0. The first-order chi connectivity index (χ1) is 6.07. The first-order valence-electron chi connectivity index (χ1n) is 3.59. The summed E-state index contributed by atoms with van der Waals surface area (Å²) in [5.41, 5.74) is 6.39. The van der Waals surface area contributed by atoms with E-state index in [2.05, 4.69) is 67.8 Å². The molecule has 0 heterocycles. The highest BCUT2D eigenvalue weighted by Gasteiger charge is 2.14. The zero-order valence-corrected chi connectivity index (χ0v) is 13.1. The van der Waals surface area contributed by atoms with Gasteiger partial charge in [-0.05, 0) is 79.9 Å². The summed E-state index contributed by atoms with van der Waals surface area (Å²) in [5.74, 6) is 0. The molecule has 0 saturated carbocycles. The van der Waals surface area contributed by atoms with Crippen LogP contribution in [0, 0.1) is 10.7 Å². The summed E-state index contributed by atoms with van der Waals surface area (Å²) in [5, 5.41) is 9.68. The number of aliphatic hydroxyl groups excluding tert-OH is 1. The van der Waals surface area contributed by atoms with Crippen LogP contribution in [0.2, 0.25) is 0 Å². The van der Waals surface area contributed by atoms with Crippen LogP contribution in [0.15, 0.2) is 12.1 Å². The number of aliphatic hydroxyl groups is 1. The molecule has 13 heavy (non-hydrogen) atoms. The summed E-state index contributed by atoms with van der Waals surface area (Å²) in [6.07, 6.45) is -0.548. The van der Waals surface area contributed by atoms with Gasteiger partial charge in [0.25, 0.3) is 0 Å². The Morgan fingerprint density at radius 2 is 1.77 bits per heavy atom. The van der Waals surface area contributed by atoms with Crippen molar-refractivity contribution < 1.29 is 5.11 Å². The Kier molecular flexibility index (Phi) is 5.17. The Balaban J connectivity index is 3.25. The van der Waals surface area contributed by atoms with Gasteiger partial charge in [0.05, 0.1) is 6.10 Å². The Hall–Kier alpha value is 1.33. The number of halogens is 3. The van der Waals surface area contributed by atoms with Crippen molar-refractivity contribution in [1.29, 1.82) is 0 Å². The third kappa shape index (κ3) is 2.89. The molecule has 1 rings (SSSR count). The van der Waals surface area contributed by atoms with Crippen molar-refractivity contribution >= 4 is 67.8 Å². The molecule has 0 aliphatic heterocycles. The van der Waals surface area contributed by atoms with Crippen LogP contribution in [0.5, 0.6) is 0 Å². The molecule has 0 aromatic heterocycles. The van der Waals surface area contributed by atoms with E-state index in [-0.39, 0.29) is 6.54 Å². The Labute approximate surface area is 118 Å². The number of benzene rings is 1. The molecule has 0 aliphatic rings. The summed E-state index contributed by atoms with van der Waals surface area (Å²) in [6.45, 7) is 0.270. The van der Waals surface area contributed by atoms with Gasteiger partial charge < -0.3 is 10.8 Å². The van der Waals surface area contributed by atoms with Crippen molar-refractivity contribution in [3.63, 3.8) is 0 Å². The van der Waals surface area contributed by atoms with Gasteiger partial charge in [0, 0.05) is 22.8 Å². The number of nitrogens with two attached hydrogens (primary N) is 1. The highest BCUT2D eigenvalue weighted by Crippen LogP contribution is 2.28. The van der Waals surface area contributed by atoms with Gasteiger partial charge in [-0.1, -0.05) is 0 Å². The van der Waals surface area contributed by atoms with Crippen LogP contribution in [0.3, 0.4) is 0 Å². The molecule has 5 heteroatoms. The molecule has 0 saturated heterocycles. The van der Waals surface area contributed by atoms with Crippen molar-refractivity contribution in [2.24, 2.45) is 5.73 Å². The molecule has 2 nitrogen and oxygen atoms in total. The standard InChI is InChI=1S/C8H8I3NO/c9-4-1-2-5(10)8(11)7(4)6(13)3-12/h1-2,6,13H,3,12H2. The molecule has 0 radical (unpaired) electrons. The molecule has 72 valence electrons. The lowest BCUT2D eigenvalue weighted by atomic mass is 10.1. The molecular weight excluding hydrogens is 507 g/mol. The fraction of sp³-hybridized carbons (Fsp3) is 0.250. The van der Waals surface area contributed by atoms with Crippen LogP contribution < -0.4 is 5.73 Å². The van der Waals surface area contributed by atoms with Gasteiger partial charge in [-0.3, -0.25) is 0 Å². The van der Waals surface area contributed by atoms with Gasteiger partial charge in [0.15, 0.2) is 0 Å².